The summed E-state index contributed by atoms with van der Waals surface area (Å²) in [5, 5.41) is 7.77. The summed E-state index contributed by atoms with van der Waals surface area (Å²) in [6.07, 6.45) is 0.950. The number of nitrogens with zero attached hydrogens (tertiary/aromatic N) is 2. The van der Waals surface area contributed by atoms with Gasteiger partial charge in [0.05, 0.1) is 12.2 Å². The second-order valence-corrected chi connectivity index (χ2v) is 3.75. The maximum absolute atomic E-state index is 5.62. The zero-order chi connectivity index (χ0) is 12.1. The average molecular weight is 253 g/mol. The normalized spacial score (nSPS) is 10.5. The standard InChI is InChI=1S/C12H13ClN2O2/c1-2-7-16-10-6-4-3-5-9(10)12-15-14-11(8-13)17-12/h3-6H,2,7-8H2,1H3. The molecule has 0 radical (unpaired) electrons. The summed E-state index contributed by atoms with van der Waals surface area (Å²) in [6, 6.07) is 7.58. The third-order valence-electron chi connectivity index (χ3n) is 2.16. The molecule has 0 aliphatic carbocycles. The van der Waals surface area contributed by atoms with E-state index >= 15 is 0 Å². The fourth-order valence-electron chi connectivity index (χ4n) is 1.40. The third-order valence-corrected chi connectivity index (χ3v) is 2.39. The highest BCUT2D eigenvalue weighted by molar-refractivity contribution is 6.16. The summed E-state index contributed by atoms with van der Waals surface area (Å²) < 4.78 is 11.0. The maximum atomic E-state index is 5.62. The molecule has 90 valence electrons. The van der Waals surface area contributed by atoms with Gasteiger partial charge in [-0.2, -0.15) is 0 Å². The van der Waals surface area contributed by atoms with Gasteiger partial charge in [-0.25, -0.2) is 0 Å². The molecule has 5 heteroatoms. The van der Waals surface area contributed by atoms with Gasteiger partial charge in [0.25, 0.3) is 5.89 Å². The van der Waals surface area contributed by atoms with Crippen molar-refractivity contribution < 1.29 is 9.15 Å². The predicted molar refractivity (Wildman–Crippen MR) is 65.1 cm³/mol. The fourth-order valence-corrected chi connectivity index (χ4v) is 1.51. The van der Waals surface area contributed by atoms with Crippen molar-refractivity contribution in [2.45, 2.75) is 19.2 Å². The van der Waals surface area contributed by atoms with Gasteiger partial charge in [-0.1, -0.05) is 19.1 Å². The Morgan fingerprint density at radius 3 is 2.82 bits per heavy atom. The maximum Gasteiger partial charge on any atom is 0.251 e. The van der Waals surface area contributed by atoms with Crippen LogP contribution in [0, 0.1) is 0 Å². The molecule has 0 aliphatic rings. The highest BCUT2D eigenvalue weighted by Crippen LogP contribution is 2.28. The van der Waals surface area contributed by atoms with Crippen molar-refractivity contribution in [1.82, 2.24) is 10.2 Å². The second kappa shape index (κ2) is 5.68. The van der Waals surface area contributed by atoms with Gasteiger partial charge >= 0.3 is 0 Å². The number of rotatable bonds is 5. The molecule has 0 amide bonds. The minimum atomic E-state index is 0.213. The summed E-state index contributed by atoms with van der Waals surface area (Å²) in [4.78, 5) is 0. The number of ether oxygens (including phenoxy) is 1. The van der Waals surface area contributed by atoms with Crippen LogP contribution in [-0.4, -0.2) is 16.8 Å². The first-order valence-corrected chi connectivity index (χ1v) is 5.99. The van der Waals surface area contributed by atoms with E-state index in [1.807, 2.05) is 24.3 Å². The second-order valence-electron chi connectivity index (χ2n) is 3.48. The van der Waals surface area contributed by atoms with E-state index in [2.05, 4.69) is 17.1 Å². The molecule has 0 saturated heterocycles. The molecule has 2 rings (SSSR count). The fraction of sp³-hybridized carbons (Fsp3) is 0.333. The van der Waals surface area contributed by atoms with Crippen LogP contribution < -0.4 is 4.74 Å². The molecule has 4 nitrogen and oxygen atoms in total. The van der Waals surface area contributed by atoms with Crippen molar-refractivity contribution in [2.75, 3.05) is 6.61 Å². The first-order chi connectivity index (χ1) is 8.35. The van der Waals surface area contributed by atoms with E-state index in [1.54, 1.807) is 0 Å². The quantitative estimate of drug-likeness (QED) is 0.767. The monoisotopic (exact) mass is 252 g/mol. The van der Waals surface area contributed by atoms with Crippen LogP contribution in [0.2, 0.25) is 0 Å². The highest BCUT2D eigenvalue weighted by Gasteiger charge is 2.12. The predicted octanol–water partition coefficient (Wildman–Crippen LogP) is 3.26. The molecule has 0 unspecified atom stereocenters. The van der Waals surface area contributed by atoms with Crippen molar-refractivity contribution in [3.05, 3.63) is 30.2 Å². The van der Waals surface area contributed by atoms with Gasteiger partial charge in [0.2, 0.25) is 5.89 Å². The summed E-state index contributed by atoms with van der Waals surface area (Å²) in [6.45, 7) is 2.72. The van der Waals surface area contributed by atoms with Gasteiger partial charge in [0, 0.05) is 0 Å². The van der Waals surface area contributed by atoms with Gasteiger partial charge in [-0.3, -0.25) is 0 Å². The Hall–Kier alpha value is -1.55. The topological polar surface area (TPSA) is 48.2 Å². The first-order valence-electron chi connectivity index (χ1n) is 5.45. The van der Waals surface area contributed by atoms with Crippen LogP contribution >= 0.6 is 11.6 Å². The van der Waals surface area contributed by atoms with Crippen LogP contribution in [0.25, 0.3) is 11.5 Å². The van der Waals surface area contributed by atoms with Crippen LogP contribution in [0.4, 0.5) is 0 Å². The molecule has 1 aromatic heterocycles. The number of para-hydroxylation sites is 1. The van der Waals surface area contributed by atoms with Gasteiger partial charge in [-0.05, 0) is 18.6 Å². The number of benzene rings is 1. The molecule has 0 saturated carbocycles. The van der Waals surface area contributed by atoms with E-state index in [-0.39, 0.29) is 5.88 Å². The van der Waals surface area contributed by atoms with E-state index < -0.39 is 0 Å². The first kappa shape index (κ1) is 11.9. The Morgan fingerprint density at radius 2 is 2.12 bits per heavy atom. The molecule has 1 aromatic carbocycles. The van der Waals surface area contributed by atoms with Crippen molar-refractivity contribution in [1.29, 1.82) is 0 Å². The number of alkyl halides is 1. The zero-order valence-electron chi connectivity index (χ0n) is 9.52. The lowest BCUT2D eigenvalue weighted by Crippen LogP contribution is -1.96. The molecule has 1 heterocycles. The van der Waals surface area contributed by atoms with E-state index in [1.165, 1.54) is 0 Å². The highest BCUT2D eigenvalue weighted by atomic mass is 35.5. The van der Waals surface area contributed by atoms with Crippen molar-refractivity contribution in [2.24, 2.45) is 0 Å². The van der Waals surface area contributed by atoms with E-state index in [4.69, 9.17) is 20.8 Å². The summed E-state index contributed by atoms with van der Waals surface area (Å²) >= 11 is 5.62. The molecule has 0 atom stereocenters. The Bertz CT molecular complexity index is 485. The minimum absolute atomic E-state index is 0.213. The molecular formula is C12H13ClN2O2. The van der Waals surface area contributed by atoms with Crippen molar-refractivity contribution in [3.63, 3.8) is 0 Å². The molecule has 0 aliphatic heterocycles. The van der Waals surface area contributed by atoms with E-state index in [9.17, 15) is 0 Å². The Morgan fingerprint density at radius 1 is 1.29 bits per heavy atom. The Balaban J connectivity index is 2.30. The van der Waals surface area contributed by atoms with Crippen LogP contribution in [0.5, 0.6) is 5.75 Å². The lowest BCUT2D eigenvalue weighted by atomic mass is 10.2. The molecule has 0 N–H and O–H groups in total. The number of hydrogen-bond acceptors (Lipinski definition) is 4. The Kier molecular flexibility index (Phi) is 3.98. The van der Waals surface area contributed by atoms with Crippen molar-refractivity contribution >= 4 is 11.6 Å². The van der Waals surface area contributed by atoms with E-state index in [0.717, 1.165) is 17.7 Å². The number of hydrogen-bond donors (Lipinski definition) is 0. The lowest BCUT2D eigenvalue weighted by molar-refractivity contribution is 0.317. The SMILES string of the molecule is CCCOc1ccccc1-c1nnc(CCl)o1. The van der Waals surface area contributed by atoms with Crippen LogP contribution in [0.1, 0.15) is 19.2 Å². The molecule has 0 fully saturated rings. The van der Waals surface area contributed by atoms with Crippen LogP contribution in [0.15, 0.2) is 28.7 Å². The van der Waals surface area contributed by atoms with Gasteiger partial charge in [-0.15, -0.1) is 21.8 Å². The summed E-state index contributed by atoms with van der Waals surface area (Å²) in [7, 11) is 0. The third kappa shape index (κ3) is 2.77. The van der Waals surface area contributed by atoms with Crippen LogP contribution in [-0.2, 0) is 5.88 Å². The lowest BCUT2D eigenvalue weighted by Gasteiger charge is -2.07. The molecule has 17 heavy (non-hydrogen) atoms. The molecule has 0 spiro atoms. The van der Waals surface area contributed by atoms with Gasteiger partial charge in [0.15, 0.2) is 0 Å². The number of halogens is 1. The van der Waals surface area contributed by atoms with Crippen LogP contribution in [0.3, 0.4) is 0 Å². The summed E-state index contributed by atoms with van der Waals surface area (Å²) in [5.41, 5.74) is 0.796. The number of aromatic nitrogens is 2. The van der Waals surface area contributed by atoms with Crippen molar-refractivity contribution in [3.8, 4) is 17.2 Å². The molecule has 0 bridgehead atoms. The van der Waals surface area contributed by atoms with Gasteiger partial charge < -0.3 is 9.15 Å². The molecule has 2 aromatic rings. The Labute approximate surface area is 105 Å². The minimum Gasteiger partial charge on any atom is -0.493 e. The smallest absolute Gasteiger partial charge is 0.251 e. The average Bonchev–Trinajstić information content (AvgIpc) is 2.85. The largest absolute Gasteiger partial charge is 0.493 e. The van der Waals surface area contributed by atoms with E-state index in [0.29, 0.717) is 18.4 Å². The zero-order valence-corrected chi connectivity index (χ0v) is 10.3. The summed E-state index contributed by atoms with van der Waals surface area (Å²) in [5.74, 6) is 1.81. The van der Waals surface area contributed by atoms with Gasteiger partial charge in [0.1, 0.15) is 11.6 Å². The molecular weight excluding hydrogens is 240 g/mol.